The van der Waals surface area contributed by atoms with Gasteiger partial charge in [-0.3, -0.25) is 4.90 Å². The van der Waals surface area contributed by atoms with E-state index in [0.717, 1.165) is 54.2 Å². The number of pyridine rings is 1. The molecule has 33 heavy (non-hydrogen) atoms. The summed E-state index contributed by atoms with van der Waals surface area (Å²) in [5, 5.41) is 0. The Kier molecular flexibility index (Phi) is 5.57. The predicted octanol–water partition coefficient (Wildman–Crippen LogP) is 5.58. The molecule has 0 bridgehead atoms. The maximum Gasteiger partial charge on any atom is 0.573 e. The summed E-state index contributed by atoms with van der Waals surface area (Å²) < 4.78 is 48.9. The second-order valence-electron chi connectivity index (χ2n) is 8.30. The molecule has 172 valence electrons. The Bertz CT molecular complexity index is 1240. The molecule has 0 amide bonds. The molecule has 4 aromatic rings. The first kappa shape index (κ1) is 21.5. The number of oxazole rings is 1. The van der Waals surface area contributed by atoms with Gasteiger partial charge < -0.3 is 13.6 Å². The Morgan fingerprint density at radius 1 is 1.09 bits per heavy atom. The van der Waals surface area contributed by atoms with Gasteiger partial charge in [0.15, 0.2) is 0 Å². The second-order valence-corrected chi connectivity index (χ2v) is 8.30. The highest BCUT2D eigenvalue weighted by Gasteiger charge is 2.31. The van der Waals surface area contributed by atoms with Crippen molar-refractivity contribution in [2.24, 2.45) is 0 Å². The molecule has 0 atom stereocenters. The van der Waals surface area contributed by atoms with E-state index in [2.05, 4.69) is 14.6 Å². The van der Waals surface area contributed by atoms with Crippen molar-refractivity contribution in [2.45, 2.75) is 38.6 Å². The minimum atomic E-state index is -4.67. The number of alkyl halides is 3. The summed E-state index contributed by atoms with van der Waals surface area (Å²) in [6.07, 6.45) is 2.78. The first-order valence-electron chi connectivity index (χ1n) is 10.8. The monoisotopic (exact) mass is 456 g/mol. The van der Waals surface area contributed by atoms with E-state index in [4.69, 9.17) is 9.40 Å². The molecular weight excluding hydrogens is 433 g/mol. The van der Waals surface area contributed by atoms with Crippen LogP contribution in [0.25, 0.3) is 17.1 Å². The molecule has 4 heterocycles. The number of aromatic nitrogens is 3. The molecule has 0 unspecified atom stereocenters. The summed E-state index contributed by atoms with van der Waals surface area (Å²) in [5.74, 6) is 1.53. The second kappa shape index (κ2) is 8.55. The SMILES string of the molecule is Cc1oc(-c2ccc3nccn3c2)nc1CN1CCC(c2ccc(OC(F)(F)F)cc2)CC1. The lowest BCUT2D eigenvalue weighted by Gasteiger charge is -2.31. The largest absolute Gasteiger partial charge is 0.573 e. The number of likely N-dealkylation sites (tertiary alicyclic amines) is 1. The number of ether oxygens (including phenoxy) is 1. The van der Waals surface area contributed by atoms with Gasteiger partial charge in [0.2, 0.25) is 5.89 Å². The van der Waals surface area contributed by atoms with Gasteiger partial charge in [0.25, 0.3) is 0 Å². The first-order valence-corrected chi connectivity index (χ1v) is 10.8. The van der Waals surface area contributed by atoms with Gasteiger partial charge >= 0.3 is 6.36 Å². The average Bonchev–Trinajstić information content (AvgIpc) is 3.40. The quantitative estimate of drug-likeness (QED) is 0.393. The van der Waals surface area contributed by atoms with Crippen LogP contribution in [0.4, 0.5) is 13.2 Å². The Balaban J connectivity index is 1.20. The van der Waals surface area contributed by atoms with Crippen LogP contribution >= 0.6 is 0 Å². The van der Waals surface area contributed by atoms with Gasteiger partial charge in [0, 0.05) is 25.1 Å². The van der Waals surface area contributed by atoms with Crippen LogP contribution in [-0.4, -0.2) is 38.7 Å². The number of halogens is 3. The van der Waals surface area contributed by atoms with Gasteiger partial charge in [-0.2, -0.15) is 0 Å². The lowest BCUT2D eigenvalue weighted by atomic mass is 9.89. The van der Waals surface area contributed by atoms with Crippen molar-refractivity contribution in [2.75, 3.05) is 13.1 Å². The molecule has 1 aliphatic heterocycles. The predicted molar refractivity (Wildman–Crippen MR) is 116 cm³/mol. The zero-order valence-corrected chi connectivity index (χ0v) is 18.0. The number of fused-ring (bicyclic) bond motifs is 1. The van der Waals surface area contributed by atoms with Crippen LogP contribution in [-0.2, 0) is 6.54 Å². The van der Waals surface area contributed by atoms with Crippen LogP contribution in [0.15, 0.2) is 59.4 Å². The summed E-state index contributed by atoms with van der Waals surface area (Å²) in [7, 11) is 0. The van der Waals surface area contributed by atoms with E-state index in [1.54, 1.807) is 18.3 Å². The van der Waals surface area contributed by atoms with E-state index in [0.29, 0.717) is 18.4 Å². The third kappa shape index (κ3) is 4.88. The lowest BCUT2D eigenvalue weighted by molar-refractivity contribution is -0.274. The summed E-state index contributed by atoms with van der Waals surface area (Å²) in [4.78, 5) is 11.3. The Labute approximate surface area is 188 Å². The van der Waals surface area contributed by atoms with Crippen molar-refractivity contribution in [3.63, 3.8) is 0 Å². The van der Waals surface area contributed by atoms with Gasteiger partial charge in [-0.15, -0.1) is 13.2 Å². The van der Waals surface area contributed by atoms with Gasteiger partial charge in [0.05, 0.1) is 11.3 Å². The number of hydrogen-bond donors (Lipinski definition) is 0. The molecule has 1 saturated heterocycles. The first-order chi connectivity index (χ1) is 15.8. The van der Waals surface area contributed by atoms with Gasteiger partial charge in [-0.05, 0) is 68.6 Å². The maximum absolute atomic E-state index is 12.4. The van der Waals surface area contributed by atoms with Gasteiger partial charge in [-0.25, -0.2) is 9.97 Å². The molecule has 5 rings (SSSR count). The maximum atomic E-state index is 12.4. The van der Waals surface area contributed by atoms with Crippen molar-refractivity contribution in [3.05, 3.63) is 72.0 Å². The van der Waals surface area contributed by atoms with Crippen molar-refractivity contribution >= 4 is 5.65 Å². The van der Waals surface area contributed by atoms with Crippen LogP contribution in [0.5, 0.6) is 5.75 Å². The highest BCUT2D eigenvalue weighted by atomic mass is 19.4. The molecule has 0 saturated carbocycles. The summed E-state index contributed by atoms with van der Waals surface area (Å²) in [6, 6.07) is 10.1. The highest BCUT2D eigenvalue weighted by molar-refractivity contribution is 5.56. The minimum Gasteiger partial charge on any atom is -0.441 e. The zero-order chi connectivity index (χ0) is 23.0. The van der Waals surface area contributed by atoms with Crippen LogP contribution in [0, 0.1) is 6.92 Å². The topological polar surface area (TPSA) is 55.8 Å². The van der Waals surface area contributed by atoms with E-state index in [9.17, 15) is 13.2 Å². The molecule has 1 fully saturated rings. The molecule has 0 N–H and O–H groups in total. The molecule has 0 aliphatic carbocycles. The highest BCUT2D eigenvalue weighted by Crippen LogP contribution is 2.31. The normalized spacial score (nSPS) is 15.9. The van der Waals surface area contributed by atoms with Crippen LogP contribution < -0.4 is 4.74 Å². The Morgan fingerprint density at radius 2 is 1.85 bits per heavy atom. The van der Waals surface area contributed by atoms with Crippen LogP contribution in [0.1, 0.15) is 35.8 Å². The van der Waals surface area contributed by atoms with E-state index >= 15 is 0 Å². The zero-order valence-electron chi connectivity index (χ0n) is 18.0. The fraction of sp³-hybridized carbons (Fsp3) is 0.333. The number of piperidine rings is 1. The number of aryl methyl sites for hydroxylation is 1. The fourth-order valence-electron chi connectivity index (χ4n) is 4.32. The Morgan fingerprint density at radius 3 is 2.58 bits per heavy atom. The lowest BCUT2D eigenvalue weighted by Crippen LogP contribution is -2.32. The average molecular weight is 456 g/mol. The molecule has 0 radical (unpaired) electrons. The van der Waals surface area contributed by atoms with Crippen molar-refractivity contribution in [1.82, 2.24) is 19.3 Å². The number of benzene rings is 1. The smallest absolute Gasteiger partial charge is 0.441 e. The number of hydrogen-bond acceptors (Lipinski definition) is 5. The summed E-state index contributed by atoms with van der Waals surface area (Å²) >= 11 is 0. The van der Waals surface area contributed by atoms with E-state index in [1.165, 1.54) is 12.1 Å². The van der Waals surface area contributed by atoms with E-state index in [-0.39, 0.29) is 5.75 Å². The molecule has 3 aromatic heterocycles. The number of imidazole rings is 1. The van der Waals surface area contributed by atoms with Crippen molar-refractivity contribution < 1.29 is 22.3 Å². The van der Waals surface area contributed by atoms with Crippen LogP contribution in [0.3, 0.4) is 0 Å². The standard InChI is InChI=1S/C24H23F3N4O2/c1-16-21(29-23(32-16)19-4-7-22-28-10-13-31(22)14-19)15-30-11-8-18(9-12-30)17-2-5-20(6-3-17)33-24(25,26)27/h2-7,10,13-14,18H,8-9,11-12,15H2,1H3. The summed E-state index contributed by atoms with van der Waals surface area (Å²) in [6.45, 7) is 4.40. The summed E-state index contributed by atoms with van der Waals surface area (Å²) in [5.41, 5.74) is 3.72. The van der Waals surface area contributed by atoms with Crippen LogP contribution in [0.2, 0.25) is 0 Å². The molecular formula is C24H23F3N4O2. The molecule has 0 spiro atoms. The van der Waals surface area contributed by atoms with E-state index in [1.807, 2.05) is 35.9 Å². The minimum absolute atomic E-state index is 0.187. The number of rotatable bonds is 5. The van der Waals surface area contributed by atoms with Gasteiger partial charge in [-0.1, -0.05) is 12.1 Å². The third-order valence-corrected chi connectivity index (χ3v) is 6.07. The Hall–Kier alpha value is -3.33. The molecule has 6 nitrogen and oxygen atoms in total. The van der Waals surface area contributed by atoms with E-state index < -0.39 is 6.36 Å². The van der Waals surface area contributed by atoms with Gasteiger partial charge in [0.1, 0.15) is 17.2 Å². The number of nitrogens with zero attached hydrogens (tertiary/aromatic N) is 4. The van der Waals surface area contributed by atoms with Crippen molar-refractivity contribution in [1.29, 1.82) is 0 Å². The molecule has 1 aliphatic rings. The fourth-order valence-corrected chi connectivity index (χ4v) is 4.32. The molecule has 9 heteroatoms. The molecule has 1 aromatic carbocycles. The van der Waals surface area contributed by atoms with Crippen molar-refractivity contribution in [3.8, 4) is 17.2 Å². The third-order valence-electron chi connectivity index (χ3n) is 6.07.